The Hall–Kier alpha value is -1.10. The molecule has 0 radical (unpaired) electrons. The zero-order valence-corrected chi connectivity index (χ0v) is 11.2. The van der Waals surface area contributed by atoms with Crippen molar-refractivity contribution in [1.29, 1.82) is 0 Å². The first-order valence-corrected chi connectivity index (χ1v) is 6.81. The third kappa shape index (κ3) is 4.64. The van der Waals surface area contributed by atoms with Crippen molar-refractivity contribution in [1.82, 2.24) is 10.6 Å². The van der Waals surface area contributed by atoms with E-state index in [-0.39, 0.29) is 11.9 Å². The summed E-state index contributed by atoms with van der Waals surface area (Å²) in [6.45, 7) is 4.95. The molecule has 0 spiro atoms. The fraction of sp³-hybridized carbons (Fsp3) is 0.846. The lowest BCUT2D eigenvalue weighted by molar-refractivity contribution is -0.142. The van der Waals surface area contributed by atoms with Crippen LogP contribution in [0.15, 0.2) is 0 Å². The molecule has 0 aliphatic carbocycles. The Morgan fingerprint density at radius 1 is 1.50 bits per heavy atom. The lowest BCUT2D eigenvalue weighted by atomic mass is 9.93. The van der Waals surface area contributed by atoms with E-state index in [4.69, 9.17) is 5.11 Å². The van der Waals surface area contributed by atoms with Crippen molar-refractivity contribution in [3.63, 3.8) is 0 Å². The van der Waals surface area contributed by atoms with Crippen molar-refractivity contribution in [2.45, 2.75) is 58.0 Å². The molecule has 104 valence electrons. The molecule has 1 amide bonds. The molecule has 1 aliphatic heterocycles. The fourth-order valence-corrected chi connectivity index (χ4v) is 2.25. The third-order valence-corrected chi connectivity index (χ3v) is 3.44. The first kappa shape index (κ1) is 15.0. The number of carboxylic acid groups (broad SMARTS) is 1. The van der Waals surface area contributed by atoms with Crippen molar-refractivity contribution in [2.75, 3.05) is 6.54 Å². The van der Waals surface area contributed by atoms with E-state index < -0.39 is 12.0 Å². The van der Waals surface area contributed by atoms with Crippen molar-refractivity contribution < 1.29 is 14.7 Å². The van der Waals surface area contributed by atoms with Gasteiger partial charge in [-0.05, 0) is 31.7 Å². The Morgan fingerprint density at radius 2 is 2.22 bits per heavy atom. The second-order valence-corrected chi connectivity index (χ2v) is 5.18. The normalized spacial score (nSPS) is 25.4. The van der Waals surface area contributed by atoms with E-state index >= 15 is 0 Å². The maximum atomic E-state index is 12.0. The number of carbonyl (C=O) groups is 2. The first-order valence-electron chi connectivity index (χ1n) is 6.81. The first-order chi connectivity index (χ1) is 8.54. The van der Waals surface area contributed by atoms with Crippen LogP contribution in [0.2, 0.25) is 0 Å². The highest BCUT2D eigenvalue weighted by Crippen LogP contribution is 2.15. The predicted octanol–water partition coefficient (Wildman–Crippen LogP) is 1.13. The van der Waals surface area contributed by atoms with Gasteiger partial charge in [0.1, 0.15) is 6.04 Å². The summed E-state index contributed by atoms with van der Waals surface area (Å²) in [5.74, 6) is -0.605. The Labute approximate surface area is 108 Å². The molecular weight excluding hydrogens is 232 g/mol. The van der Waals surface area contributed by atoms with Crippen LogP contribution in [0.1, 0.15) is 46.0 Å². The van der Waals surface area contributed by atoms with E-state index in [0.29, 0.717) is 12.3 Å². The number of aliphatic carboxylic acids is 1. The average Bonchev–Trinajstić information content (AvgIpc) is 2.33. The number of carboxylic acids is 1. The molecule has 0 aromatic carbocycles. The maximum absolute atomic E-state index is 12.0. The summed E-state index contributed by atoms with van der Waals surface area (Å²) in [6, 6.07) is -0.992. The predicted molar refractivity (Wildman–Crippen MR) is 69.3 cm³/mol. The SMILES string of the molecule is CCCCC(NC(=O)C1CC(C)CCN1)C(=O)O. The van der Waals surface area contributed by atoms with Crippen LogP contribution in [0.3, 0.4) is 0 Å². The monoisotopic (exact) mass is 256 g/mol. The van der Waals surface area contributed by atoms with Gasteiger partial charge in [-0.3, -0.25) is 4.79 Å². The van der Waals surface area contributed by atoms with Crippen LogP contribution in [0.4, 0.5) is 0 Å². The number of piperidine rings is 1. The fourth-order valence-electron chi connectivity index (χ4n) is 2.25. The van der Waals surface area contributed by atoms with Gasteiger partial charge in [0.2, 0.25) is 5.91 Å². The Kier molecular flexibility index (Phi) is 6.12. The largest absolute Gasteiger partial charge is 0.480 e. The summed E-state index contributed by atoms with van der Waals surface area (Å²) >= 11 is 0. The second kappa shape index (κ2) is 7.36. The Balaban J connectivity index is 2.46. The Morgan fingerprint density at radius 3 is 2.78 bits per heavy atom. The van der Waals surface area contributed by atoms with Gasteiger partial charge in [-0.2, -0.15) is 0 Å². The van der Waals surface area contributed by atoms with E-state index in [9.17, 15) is 9.59 Å². The molecule has 1 fully saturated rings. The zero-order valence-electron chi connectivity index (χ0n) is 11.2. The number of carbonyl (C=O) groups excluding carboxylic acids is 1. The zero-order chi connectivity index (χ0) is 13.5. The van der Waals surface area contributed by atoms with E-state index in [1.54, 1.807) is 0 Å². The van der Waals surface area contributed by atoms with Crippen LogP contribution in [-0.2, 0) is 9.59 Å². The standard InChI is InChI=1S/C13H24N2O3/c1-3-4-5-10(13(17)18)15-12(16)11-8-9(2)6-7-14-11/h9-11,14H,3-8H2,1-2H3,(H,15,16)(H,17,18). The quantitative estimate of drug-likeness (QED) is 0.666. The van der Waals surface area contributed by atoms with Crippen LogP contribution in [0.5, 0.6) is 0 Å². The third-order valence-electron chi connectivity index (χ3n) is 3.44. The maximum Gasteiger partial charge on any atom is 0.326 e. The molecule has 1 saturated heterocycles. The van der Waals surface area contributed by atoms with Crippen molar-refractivity contribution in [2.24, 2.45) is 5.92 Å². The molecular formula is C13H24N2O3. The smallest absolute Gasteiger partial charge is 0.326 e. The summed E-state index contributed by atoms with van der Waals surface area (Å²) in [5.41, 5.74) is 0. The van der Waals surface area contributed by atoms with Gasteiger partial charge in [-0.25, -0.2) is 4.79 Å². The minimum absolute atomic E-state index is 0.176. The van der Waals surface area contributed by atoms with Gasteiger partial charge in [0.25, 0.3) is 0 Å². The number of nitrogens with one attached hydrogen (secondary N) is 2. The van der Waals surface area contributed by atoms with Crippen LogP contribution in [-0.4, -0.2) is 35.6 Å². The average molecular weight is 256 g/mol. The minimum Gasteiger partial charge on any atom is -0.480 e. The molecule has 5 nitrogen and oxygen atoms in total. The van der Waals surface area contributed by atoms with Crippen LogP contribution >= 0.6 is 0 Å². The number of hydrogen-bond donors (Lipinski definition) is 3. The lowest BCUT2D eigenvalue weighted by Crippen LogP contribution is -2.52. The summed E-state index contributed by atoms with van der Waals surface area (Å²) < 4.78 is 0. The molecule has 0 aromatic rings. The Bertz CT molecular complexity index is 294. The van der Waals surface area contributed by atoms with E-state index in [1.807, 2.05) is 6.92 Å². The van der Waals surface area contributed by atoms with Gasteiger partial charge in [-0.1, -0.05) is 26.7 Å². The van der Waals surface area contributed by atoms with E-state index in [2.05, 4.69) is 17.6 Å². The van der Waals surface area contributed by atoms with E-state index in [0.717, 1.165) is 32.2 Å². The van der Waals surface area contributed by atoms with Crippen LogP contribution in [0, 0.1) is 5.92 Å². The van der Waals surface area contributed by atoms with Gasteiger partial charge in [0.05, 0.1) is 6.04 Å². The summed E-state index contributed by atoms with van der Waals surface area (Å²) in [4.78, 5) is 23.0. The molecule has 0 bridgehead atoms. The highest BCUT2D eigenvalue weighted by molar-refractivity contribution is 5.86. The molecule has 1 rings (SSSR count). The van der Waals surface area contributed by atoms with Crippen molar-refractivity contribution in [3.05, 3.63) is 0 Å². The highest BCUT2D eigenvalue weighted by atomic mass is 16.4. The van der Waals surface area contributed by atoms with Gasteiger partial charge in [0, 0.05) is 0 Å². The topological polar surface area (TPSA) is 78.4 Å². The van der Waals surface area contributed by atoms with Crippen LogP contribution in [0.25, 0.3) is 0 Å². The summed E-state index contributed by atoms with van der Waals surface area (Å²) in [7, 11) is 0. The van der Waals surface area contributed by atoms with Crippen molar-refractivity contribution in [3.8, 4) is 0 Å². The molecule has 0 aromatic heterocycles. The molecule has 5 heteroatoms. The van der Waals surface area contributed by atoms with Gasteiger partial charge in [0.15, 0.2) is 0 Å². The molecule has 3 N–H and O–H groups in total. The molecule has 18 heavy (non-hydrogen) atoms. The van der Waals surface area contributed by atoms with Gasteiger partial charge in [-0.15, -0.1) is 0 Å². The van der Waals surface area contributed by atoms with E-state index in [1.165, 1.54) is 0 Å². The van der Waals surface area contributed by atoms with Crippen LogP contribution < -0.4 is 10.6 Å². The molecule has 1 heterocycles. The lowest BCUT2D eigenvalue weighted by Gasteiger charge is -2.28. The molecule has 3 atom stereocenters. The van der Waals surface area contributed by atoms with Gasteiger partial charge < -0.3 is 15.7 Å². The second-order valence-electron chi connectivity index (χ2n) is 5.18. The number of hydrogen-bond acceptors (Lipinski definition) is 3. The highest BCUT2D eigenvalue weighted by Gasteiger charge is 2.27. The molecule has 3 unspecified atom stereocenters. The van der Waals surface area contributed by atoms with Gasteiger partial charge >= 0.3 is 5.97 Å². The molecule has 0 saturated carbocycles. The summed E-state index contributed by atoms with van der Waals surface area (Å²) in [5, 5.41) is 14.8. The van der Waals surface area contributed by atoms with Crippen molar-refractivity contribution >= 4 is 11.9 Å². The minimum atomic E-state index is -0.944. The summed E-state index contributed by atoms with van der Waals surface area (Å²) in [6.07, 6.45) is 4.10. The number of unbranched alkanes of at least 4 members (excludes halogenated alkanes) is 1. The number of rotatable bonds is 6. The number of amides is 1. The molecule has 1 aliphatic rings.